The first-order chi connectivity index (χ1) is 12.0. The van der Waals surface area contributed by atoms with Crippen molar-refractivity contribution in [2.45, 2.75) is 0 Å². The van der Waals surface area contributed by atoms with Crippen molar-refractivity contribution in [3.05, 3.63) is 52.5 Å². The first-order valence-electron chi connectivity index (χ1n) is 7.27. The van der Waals surface area contributed by atoms with Crippen LogP contribution in [0.25, 0.3) is 0 Å². The molecule has 2 aromatic carbocycles. The molecule has 0 aliphatic heterocycles. The van der Waals surface area contributed by atoms with E-state index >= 15 is 0 Å². The summed E-state index contributed by atoms with van der Waals surface area (Å²) in [5.74, 6) is 0.0759. The lowest BCUT2D eigenvalue weighted by molar-refractivity contribution is -0.125. The van der Waals surface area contributed by atoms with E-state index in [9.17, 15) is 9.59 Å². The van der Waals surface area contributed by atoms with Crippen LogP contribution in [-0.2, 0) is 9.59 Å². The zero-order valence-electron chi connectivity index (χ0n) is 13.3. The average molecular weight is 383 g/mol. The van der Waals surface area contributed by atoms with Gasteiger partial charge in [-0.1, -0.05) is 35.3 Å². The van der Waals surface area contributed by atoms with Crippen LogP contribution in [0.1, 0.15) is 0 Å². The molecule has 0 unspecified atom stereocenters. The van der Waals surface area contributed by atoms with Crippen molar-refractivity contribution in [3.8, 4) is 11.5 Å². The molecule has 2 amide bonds. The molecule has 0 saturated carbocycles. The Hall–Kier alpha value is -2.44. The van der Waals surface area contributed by atoms with Crippen LogP contribution in [0.2, 0.25) is 10.0 Å². The monoisotopic (exact) mass is 382 g/mol. The summed E-state index contributed by atoms with van der Waals surface area (Å²) in [7, 11) is 1.51. The van der Waals surface area contributed by atoms with Gasteiger partial charge in [0.05, 0.1) is 24.4 Å². The molecule has 0 aromatic heterocycles. The Morgan fingerprint density at radius 1 is 1.04 bits per heavy atom. The van der Waals surface area contributed by atoms with E-state index in [0.29, 0.717) is 27.2 Å². The SMILES string of the molecule is COc1ccccc1OCC(=O)NCC(=O)Nc1cc(Cl)ccc1Cl. The molecule has 0 bridgehead atoms. The maximum Gasteiger partial charge on any atom is 0.258 e. The molecule has 0 aliphatic rings. The standard InChI is InChI=1S/C17H16Cl2N2O4/c1-24-14-4-2-3-5-15(14)25-10-17(23)20-9-16(22)21-13-8-11(18)6-7-12(13)19/h2-8H,9-10H2,1H3,(H,20,23)(H,21,22). The fourth-order valence-electron chi connectivity index (χ4n) is 1.90. The summed E-state index contributed by atoms with van der Waals surface area (Å²) < 4.78 is 10.5. The summed E-state index contributed by atoms with van der Waals surface area (Å²) in [6.45, 7) is -0.470. The molecular formula is C17H16Cl2N2O4. The van der Waals surface area contributed by atoms with E-state index in [2.05, 4.69) is 10.6 Å². The third kappa shape index (κ3) is 5.85. The van der Waals surface area contributed by atoms with Gasteiger partial charge < -0.3 is 20.1 Å². The minimum atomic E-state index is -0.446. The number of rotatable bonds is 7. The number of anilines is 1. The van der Waals surface area contributed by atoms with Crippen molar-refractivity contribution in [3.63, 3.8) is 0 Å². The number of nitrogens with one attached hydrogen (secondary N) is 2. The molecule has 0 heterocycles. The van der Waals surface area contributed by atoms with Crippen LogP contribution < -0.4 is 20.1 Å². The summed E-state index contributed by atoms with van der Waals surface area (Å²) in [5.41, 5.74) is 0.374. The van der Waals surface area contributed by atoms with Crippen LogP contribution in [-0.4, -0.2) is 32.1 Å². The molecule has 2 rings (SSSR count). The van der Waals surface area contributed by atoms with E-state index in [1.807, 2.05) is 0 Å². The van der Waals surface area contributed by atoms with E-state index in [4.69, 9.17) is 32.7 Å². The molecule has 0 fully saturated rings. The van der Waals surface area contributed by atoms with Gasteiger partial charge in [-0.25, -0.2) is 0 Å². The molecule has 0 aliphatic carbocycles. The predicted octanol–water partition coefficient (Wildman–Crippen LogP) is 3.14. The van der Waals surface area contributed by atoms with Gasteiger partial charge in [0.15, 0.2) is 18.1 Å². The Balaban J connectivity index is 1.79. The van der Waals surface area contributed by atoms with Gasteiger partial charge >= 0.3 is 0 Å². The van der Waals surface area contributed by atoms with E-state index < -0.39 is 11.8 Å². The van der Waals surface area contributed by atoms with Crippen molar-refractivity contribution in [1.29, 1.82) is 0 Å². The van der Waals surface area contributed by atoms with E-state index in [-0.39, 0.29) is 13.2 Å². The third-order valence-corrected chi connectivity index (χ3v) is 3.64. The maximum absolute atomic E-state index is 11.9. The van der Waals surface area contributed by atoms with E-state index in [0.717, 1.165) is 0 Å². The topological polar surface area (TPSA) is 76.7 Å². The lowest BCUT2D eigenvalue weighted by Gasteiger charge is -2.11. The van der Waals surface area contributed by atoms with Crippen LogP contribution in [0.15, 0.2) is 42.5 Å². The molecule has 8 heteroatoms. The fourth-order valence-corrected chi connectivity index (χ4v) is 2.24. The Labute approximate surface area is 155 Å². The molecule has 25 heavy (non-hydrogen) atoms. The molecule has 0 saturated heterocycles. The maximum atomic E-state index is 11.9. The number of methoxy groups -OCH3 is 1. The highest BCUT2D eigenvalue weighted by molar-refractivity contribution is 6.35. The number of benzene rings is 2. The number of amides is 2. The molecule has 0 spiro atoms. The Morgan fingerprint density at radius 3 is 2.48 bits per heavy atom. The van der Waals surface area contributed by atoms with Crippen LogP contribution >= 0.6 is 23.2 Å². The number of hydrogen-bond donors (Lipinski definition) is 2. The summed E-state index contributed by atoms with van der Waals surface area (Å²) >= 11 is 11.8. The highest BCUT2D eigenvalue weighted by Crippen LogP contribution is 2.26. The second-order valence-corrected chi connectivity index (χ2v) is 5.73. The lowest BCUT2D eigenvalue weighted by Crippen LogP contribution is -2.35. The van der Waals surface area contributed by atoms with Crippen molar-refractivity contribution < 1.29 is 19.1 Å². The van der Waals surface area contributed by atoms with Crippen LogP contribution in [0.5, 0.6) is 11.5 Å². The fraction of sp³-hybridized carbons (Fsp3) is 0.176. The highest BCUT2D eigenvalue weighted by atomic mass is 35.5. The van der Waals surface area contributed by atoms with Gasteiger partial charge in [-0.05, 0) is 30.3 Å². The summed E-state index contributed by atoms with van der Waals surface area (Å²) in [6, 6.07) is 11.6. The Bertz CT molecular complexity index is 768. The molecule has 6 nitrogen and oxygen atoms in total. The van der Waals surface area contributed by atoms with Crippen LogP contribution in [0.3, 0.4) is 0 Å². The first kappa shape index (κ1) is 18.9. The van der Waals surface area contributed by atoms with Gasteiger partial charge in [0, 0.05) is 5.02 Å². The predicted molar refractivity (Wildman–Crippen MR) is 96.6 cm³/mol. The molecule has 2 aromatic rings. The van der Waals surface area contributed by atoms with Gasteiger partial charge in [-0.3, -0.25) is 9.59 Å². The van der Waals surface area contributed by atoms with E-state index in [1.165, 1.54) is 13.2 Å². The van der Waals surface area contributed by atoms with Crippen molar-refractivity contribution in [2.75, 3.05) is 25.6 Å². The number of halogens is 2. The second-order valence-electron chi connectivity index (χ2n) is 4.89. The lowest BCUT2D eigenvalue weighted by atomic mass is 10.3. The van der Waals surface area contributed by atoms with Crippen LogP contribution in [0, 0.1) is 0 Å². The van der Waals surface area contributed by atoms with Gasteiger partial charge in [-0.15, -0.1) is 0 Å². The Morgan fingerprint density at radius 2 is 1.76 bits per heavy atom. The van der Waals surface area contributed by atoms with Gasteiger partial charge in [0.25, 0.3) is 5.91 Å². The van der Waals surface area contributed by atoms with Crippen molar-refractivity contribution in [2.24, 2.45) is 0 Å². The molecule has 0 radical (unpaired) electrons. The van der Waals surface area contributed by atoms with Gasteiger partial charge in [-0.2, -0.15) is 0 Å². The normalized spacial score (nSPS) is 10.0. The molecular weight excluding hydrogens is 367 g/mol. The number of hydrogen-bond acceptors (Lipinski definition) is 4. The quantitative estimate of drug-likeness (QED) is 0.770. The van der Waals surface area contributed by atoms with Crippen molar-refractivity contribution in [1.82, 2.24) is 5.32 Å². The van der Waals surface area contributed by atoms with Crippen molar-refractivity contribution >= 4 is 40.7 Å². The smallest absolute Gasteiger partial charge is 0.258 e. The minimum Gasteiger partial charge on any atom is -0.493 e. The summed E-state index contributed by atoms with van der Waals surface area (Å²) in [4.78, 5) is 23.7. The molecule has 2 N–H and O–H groups in total. The van der Waals surface area contributed by atoms with Gasteiger partial charge in [0.1, 0.15) is 0 Å². The molecule has 0 atom stereocenters. The second kappa shape index (κ2) is 9.15. The van der Waals surface area contributed by atoms with Crippen LogP contribution in [0.4, 0.5) is 5.69 Å². The average Bonchev–Trinajstić information content (AvgIpc) is 2.61. The summed E-state index contributed by atoms with van der Waals surface area (Å²) in [6.07, 6.45) is 0. The largest absolute Gasteiger partial charge is 0.493 e. The van der Waals surface area contributed by atoms with E-state index in [1.54, 1.807) is 36.4 Å². The van der Waals surface area contributed by atoms with Gasteiger partial charge in [0.2, 0.25) is 5.91 Å². The number of para-hydroxylation sites is 2. The molecule has 132 valence electrons. The zero-order valence-corrected chi connectivity index (χ0v) is 14.9. The third-order valence-electron chi connectivity index (χ3n) is 3.08. The number of carbonyl (C=O) groups is 2. The zero-order chi connectivity index (χ0) is 18.2. The number of carbonyl (C=O) groups excluding carboxylic acids is 2. The number of ether oxygens (including phenoxy) is 2. The summed E-state index contributed by atoms with van der Waals surface area (Å²) in [5, 5.41) is 5.81. The minimum absolute atomic E-state index is 0.225. The highest BCUT2D eigenvalue weighted by Gasteiger charge is 2.10. The first-order valence-corrected chi connectivity index (χ1v) is 8.02. The Kier molecular flexibility index (Phi) is 6.91.